The van der Waals surface area contributed by atoms with Gasteiger partial charge in [-0.1, -0.05) is 44.2 Å². The van der Waals surface area contributed by atoms with Crippen LogP contribution in [0.25, 0.3) is 0 Å². The molecule has 2 heterocycles. The fourth-order valence-corrected chi connectivity index (χ4v) is 3.69. The van der Waals surface area contributed by atoms with Crippen LogP contribution in [0.1, 0.15) is 66.9 Å². The molecule has 1 aromatic carbocycles. The van der Waals surface area contributed by atoms with Crippen LogP contribution in [0.4, 0.5) is 0 Å². The van der Waals surface area contributed by atoms with Crippen molar-refractivity contribution in [1.82, 2.24) is 14.7 Å². The summed E-state index contributed by atoms with van der Waals surface area (Å²) in [4.78, 5) is 14.8. The van der Waals surface area contributed by atoms with Gasteiger partial charge in [0.05, 0.1) is 6.10 Å². The molecule has 2 aromatic rings. The van der Waals surface area contributed by atoms with Crippen LogP contribution in [-0.2, 0) is 7.05 Å². The number of benzene rings is 1. The molecule has 1 fully saturated rings. The van der Waals surface area contributed by atoms with Gasteiger partial charge in [0.2, 0.25) is 0 Å². The van der Waals surface area contributed by atoms with E-state index in [0.717, 1.165) is 30.6 Å². The Morgan fingerprint density at radius 3 is 2.68 bits per heavy atom. The third-order valence-electron chi connectivity index (χ3n) is 5.04. The number of carbonyl (C=O) groups excluding carboxylic acids is 1. The third kappa shape index (κ3) is 3.76. The van der Waals surface area contributed by atoms with E-state index in [4.69, 9.17) is 0 Å². The molecule has 3 rings (SSSR count). The van der Waals surface area contributed by atoms with E-state index >= 15 is 0 Å². The van der Waals surface area contributed by atoms with Gasteiger partial charge in [0.25, 0.3) is 5.91 Å². The number of amides is 1. The van der Waals surface area contributed by atoms with Gasteiger partial charge < -0.3 is 10.0 Å². The Labute approximate surface area is 149 Å². The normalized spacial score (nSPS) is 18.8. The minimum atomic E-state index is -0.547. The van der Waals surface area contributed by atoms with Crippen molar-refractivity contribution < 1.29 is 9.90 Å². The Bertz CT molecular complexity index is 724. The van der Waals surface area contributed by atoms with Gasteiger partial charge >= 0.3 is 0 Å². The van der Waals surface area contributed by atoms with Crippen LogP contribution in [0.2, 0.25) is 0 Å². The number of aromatic nitrogens is 2. The van der Waals surface area contributed by atoms with Crippen molar-refractivity contribution >= 4 is 5.91 Å². The van der Waals surface area contributed by atoms with E-state index in [1.54, 1.807) is 4.68 Å². The van der Waals surface area contributed by atoms with Crippen LogP contribution in [0, 0.1) is 0 Å². The molecule has 1 aliphatic rings. The Morgan fingerprint density at radius 1 is 1.32 bits per heavy atom. The average Bonchev–Trinajstić information content (AvgIpc) is 3.21. The minimum absolute atomic E-state index is 0.0229. The van der Waals surface area contributed by atoms with E-state index in [0.29, 0.717) is 18.0 Å². The summed E-state index contributed by atoms with van der Waals surface area (Å²) in [5, 5.41) is 14.9. The van der Waals surface area contributed by atoms with E-state index in [9.17, 15) is 9.90 Å². The van der Waals surface area contributed by atoms with Gasteiger partial charge in [-0.2, -0.15) is 5.10 Å². The zero-order valence-electron chi connectivity index (χ0n) is 15.2. The predicted octanol–water partition coefficient (Wildman–Crippen LogP) is 3.27. The van der Waals surface area contributed by atoms with Gasteiger partial charge in [-0.15, -0.1) is 0 Å². The van der Waals surface area contributed by atoms with Gasteiger partial charge in [-0.05, 0) is 36.8 Å². The first-order valence-electron chi connectivity index (χ1n) is 9.05. The first-order chi connectivity index (χ1) is 12.0. The molecule has 0 spiro atoms. The zero-order valence-corrected chi connectivity index (χ0v) is 15.2. The summed E-state index contributed by atoms with van der Waals surface area (Å²) < 4.78 is 1.79. The summed E-state index contributed by atoms with van der Waals surface area (Å²) in [5.41, 5.74) is 2.47. The average molecular weight is 341 g/mol. The molecule has 1 aromatic heterocycles. The molecule has 1 saturated heterocycles. The Kier molecular flexibility index (Phi) is 5.23. The highest BCUT2D eigenvalue weighted by molar-refractivity contribution is 5.92. The van der Waals surface area contributed by atoms with Crippen molar-refractivity contribution in [3.8, 4) is 0 Å². The lowest BCUT2D eigenvalue weighted by atomic mass is 10.0. The topological polar surface area (TPSA) is 58.4 Å². The zero-order chi connectivity index (χ0) is 18.0. The van der Waals surface area contributed by atoms with Crippen molar-refractivity contribution in [1.29, 1.82) is 0 Å². The maximum Gasteiger partial charge on any atom is 0.274 e. The Morgan fingerprint density at radius 2 is 2.04 bits per heavy atom. The SMILES string of the molecule is CC(C)c1cc(C(=O)N2CCCC2CC(O)c2ccccc2)nn1C. The largest absolute Gasteiger partial charge is 0.388 e. The maximum absolute atomic E-state index is 12.9. The molecule has 1 N–H and O–H groups in total. The van der Waals surface area contributed by atoms with E-state index in [2.05, 4.69) is 18.9 Å². The van der Waals surface area contributed by atoms with E-state index < -0.39 is 6.10 Å². The molecule has 0 saturated carbocycles. The van der Waals surface area contributed by atoms with Gasteiger partial charge in [0.15, 0.2) is 5.69 Å². The molecule has 0 bridgehead atoms. The molecule has 134 valence electrons. The van der Waals surface area contributed by atoms with Crippen LogP contribution >= 0.6 is 0 Å². The molecule has 25 heavy (non-hydrogen) atoms. The fraction of sp³-hybridized carbons (Fsp3) is 0.500. The van der Waals surface area contributed by atoms with Crippen molar-refractivity contribution in [2.75, 3.05) is 6.54 Å². The summed E-state index contributed by atoms with van der Waals surface area (Å²) in [7, 11) is 1.88. The summed E-state index contributed by atoms with van der Waals surface area (Å²) in [6.45, 7) is 4.93. The number of nitrogens with zero attached hydrogens (tertiary/aromatic N) is 3. The molecule has 0 aliphatic carbocycles. The maximum atomic E-state index is 12.9. The lowest BCUT2D eigenvalue weighted by Gasteiger charge is -2.26. The van der Waals surface area contributed by atoms with Gasteiger partial charge in [-0.25, -0.2) is 0 Å². The second-order valence-corrected chi connectivity index (χ2v) is 7.19. The second-order valence-electron chi connectivity index (χ2n) is 7.19. The highest BCUT2D eigenvalue weighted by atomic mass is 16.3. The van der Waals surface area contributed by atoms with Crippen LogP contribution in [0.5, 0.6) is 0 Å². The number of rotatable bonds is 5. The number of likely N-dealkylation sites (tertiary alicyclic amines) is 1. The Hall–Kier alpha value is -2.14. The number of hydrogen-bond donors (Lipinski definition) is 1. The van der Waals surface area contributed by atoms with E-state index in [1.165, 1.54) is 0 Å². The van der Waals surface area contributed by atoms with Crippen LogP contribution in [-0.4, -0.2) is 38.3 Å². The standard InChI is InChI=1S/C20H27N3O2/c1-14(2)18-13-17(21-22(18)3)20(25)23-11-7-10-16(23)12-19(24)15-8-5-4-6-9-15/h4-6,8-9,13-14,16,19,24H,7,10-12H2,1-3H3. The van der Waals surface area contributed by atoms with Crippen molar-refractivity contribution in [2.45, 2.75) is 51.2 Å². The van der Waals surface area contributed by atoms with Crippen LogP contribution < -0.4 is 0 Å². The second kappa shape index (κ2) is 7.40. The van der Waals surface area contributed by atoms with Crippen molar-refractivity contribution in [2.24, 2.45) is 7.05 Å². The van der Waals surface area contributed by atoms with Crippen molar-refractivity contribution in [3.05, 3.63) is 53.3 Å². The first-order valence-corrected chi connectivity index (χ1v) is 9.05. The number of hydrogen-bond acceptors (Lipinski definition) is 3. The number of aliphatic hydroxyl groups excluding tert-OH is 1. The number of aryl methyl sites for hydroxylation is 1. The number of aliphatic hydroxyl groups is 1. The smallest absolute Gasteiger partial charge is 0.274 e. The highest BCUT2D eigenvalue weighted by Crippen LogP contribution is 2.29. The molecule has 2 unspecified atom stereocenters. The Balaban J connectivity index is 1.73. The van der Waals surface area contributed by atoms with E-state index in [-0.39, 0.29) is 11.9 Å². The van der Waals surface area contributed by atoms with Crippen LogP contribution in [0.15, 0.2) is 36.4 Å². The predicted molar refractivity (Wildman–Crippen MR) is 97.4 cm³/mol. The third-order valence-corrected chi connectivity index (χ3v) is 5.04. The summed E-state index contributed by atoms with van der Waals surface area (Å²) in [6.07, 6.45) is 1.93. The molecule has 1 aliphatic heterocycles. The molecular formula is C20H27N3O2. The van der Waals surface area contributed by atoms with Gasteiger partial charge in [-0.3, -0.25) is 9.48 Å². The first kappa shape index (κ1) is 17.7. The summed E-state index contributed by atoms with van der Waals surface area (Å²) >= 11 is 0. The molecule has 5 nitrogen and oxygen atoms in total. The van der Waals surface area contributed by atoms with Crippen molar-refractivity contribution in [3.63, 3.8) is 0 Å². The molecule has 2 atom stereocenters. The molecule has 5 heteroatoms. The lowest BCUT2D eigenvalue weighted by molar-refractivity contribution is 0.0660. The fourth-order valence-electron chi connectivity index (χ4n) is 3.69. The minimum Gasteiger partial charge on any atom is -0.388 e. The number of carbonyl (C=O) groups is 1. The van der Waals surface area contributed by atoms with Gasteiger partial charge in [0.1, 0.15) is 0 Å². The van der Waals surface area contributed by atoms with E-state index in [1.807, 2.05) is 48.3 Å². The van der Waals surface area contributed by atoms with Gasteiger partial charge in [0, 0.05) is 25.3 Å². The quantitative estimate of drug-likeness (QED) is 0.908. The molecule has 1 amide bonds. The monoisotopic (exact) mass is 341 g/mol. The lowest BCUT2D eigenvalue weighted by Crippen LogP contribution is -2.36. The summed E-state index contributed by atoms with van der Waals surface area (Å²) in [5.74, 6) is 0.304. The molecular weight excluding hydrogens is 314 g/mol. The van der Waals surface area contributed by atoms with Crippen LogP contribution in [0.3, 0.4) is 0 Å². The highest BCUT2D eigenvalue weighted by Gasteiger charge is 2.32. The summed E-state index contributed by atoms with van der Waals surface area (Å²) in [6, 6.07) is 11.6. The molecule has 0 radical (unpaired) electrons.